The van der Waals surface area contributed by atoms with Crippen molar-refractivity contribution in [3.63, 3.8) is 0 Å². The number of ether oxygens (including phenoxy) is 2. The van der Waals surface area contributed by atoms with Gasteiger partial charge in [0.2, 0.25) is 0 Å². The Hall–Kier alpha value is -1.55. The van der Waals surface area contributed by atoms with Crippen LogP contribution in [0.4, 0.5) is 4.79 Å². The highest BCUT2D eigenvalue weighted by Gasteiger charge is 2.36. The predicted molar refractivity (Wildman–Crippen MR) is 84.7 cm³/mol. The molecule has 4 heteroatoms. The molecule has 0 aromatic heterocycles. The number of carbonyl (C=O) groups excluding carboxylic acids is 1. The Bertz CT molecular complexity index is 472. The minimum Gasteiger partial charge on any atom is -0.438 e. The van der Waals surface area contributed by atoms with E-state index in [1.807, 2.05) is 12.1 Å². The average molecular weight is 306 g/mol. The summed E-state index contributed by atoms with van der Waals surface area (Å²) in [7, 11) is 1.31. The van der Waals surface area contributed by atoms with Crippen LogP contribution in [-0.4, -0.2) is 24.5 Å². The fourth-order valence-electron chi connectivity index (χ4n) is 3.02. The van der Waals surface area contributed by atoms with Gasteiger partial charge in [-0.2, -0.15) is 0 Å². The van der Waals surface area contributed by atoms with Crippen LogP contribution >= 0.6 is 0 Å². The number of hydrogen-bond donors (Lipinski definition) is 1. The molecule has 0 heterocycles. The number of benzene rings is 1. The number of unbranched alkanes of at least 4 members (excludes halogenated alkanes) is 1. The summed E-state index contributed by atoms with van der Waals surface area (Å²) in [6.45, 7) is 2.19. The number of methoxy groups -OCH3 is 1. The van der Waals surface area contributed by atoms with Gasteiger partial charge >= 0.3 is 6.16 Å². The maximum atomic E-state index is 11.1. The SMILES string of the molecule is CCCCc1ccc(C2(O)CCC(OC(=O)OC)CC2)cc1. The van der Waals surface area contributed by atoms with Gasteiger partial charge in [-0.25, -0.2) is 4.79 Å². The molecule has 4 nitrogen and oxygen atoms in total. The molecule has 0 spiro atoms. The van der Waals surface area contributed by atoms with Crippen LogP contribution in [-0.2, 0) is 21.5 Å². The van der Waals surface area contributed by atoms with E-state index in [0.717, 1.165) is 12.0 Å². The molecule has 1 aliphatic rings. The molecule has 0 unspecified atom stereocenters. The van der Waals surface area contributed by atoms with Crippen molar-refractivity contribution in [1.82, 2.24) is 0 Å². The van der Waals surface area contributed by atoms with Gasteiger partial charge in [-0.05, 0) is 49.7 Å². The fraction of sp³-hybridized carbons (Fsp3) is 0.611. The largest absolute Gasteiger partial charge is 0.508 e. The van der Waals surface area contributed by atoms with E-state index in [4.69, 9.17) is 4.74 Å². The molecule has 0 atom stereocenters. The highest BCUT2D eigenvalue weighted by atomic mass is 16.7. The Morgan fingerprint density at radius 3 is 2.45 bits per heavy atom. The molecule has 0 radical (unpaired) electrons. The summed E-state index contributed by atoms with van der Waals surface area (Å²) in [6.07, 6.45) is 5.18. The van der Waals surface area contributed by atoms with Crippen molar-refractivity contribution in [3.05, 3.63) is 35.4 Å². The molecule has 1 aromatic rings. The second-order valence-electron chi connectivity index (χ2n) is 6.10. The Kier molecular flexibility index (Phi) is 5.83. The summed E-state index contributed by atoms with van der Waals surface area (Å²) >= 11 is 0. The Balaban J connectivity index is 1.93. The molecule has 1 aromatic carbocycles. The van der Waals surface area contributed by atoms with Crippen LogP contribution in [0.3, 0.4) is 0 Å². The molecule has 0 saturated heterocycles. The molecule has 1 saturated carbocycles. The minimum absolute atomic E-state index is 0.156. The highest BCUT2D eigenvalue weighted by Crippen LogP contribution is 2.38. The second kappa shape index (κ2) is 7.63. The third kappa shape index (κ3) is 4.23. The van der Waals surface area contributed by atoms with Crippen molar-refractivity contribution in [1.29, 1.82) is 0 Å². The van der Waals surface area contributed by atoms with Gasteiger partial charge in [0, 0.05) is 0 Å². The van der Waals surface area contributed by atoms with Gasteiger partial charge in [0.25, 0.3) is 0 Å². The zero-order chi connectivity index (χ0) is 16.0. The van der Waals surface area contributed by atoms with Crippen molar-refractivity contribution in [3.8, 4) is 0 Å². The van der Waals surface area contributed by atoms with Crippen LogP contribution in [0.1, 0.15) is 56.6 Å². The molecule has 22 heavy (non-hydrogen) atoms. The van der Waals surface area contributed by atoms with Crippen LogP contribution in [0.15, 0.2) is 24.3 Å². The molecule has 0 bridgehead atoms. The van der Waals surface area contributed by atoms with Crippen molar-refractivity contribution >= 4 is 6.16 Å². The maximum Gasteiger partial charge on any atom is 0.508 e. The Morgan fingerprint density at radius 1 is 1.27 bits per heavy atom. The summed E-state index contributed by atoms with van der Waals surface area (Å²) in [4.78, 5) is 11.1. The van der Waals surface area contributed by atoms with Crippen molar-refractivity contribution in [2.45, 2.75) is 63.6 Å². The third-order valence-corrected chi connectivity index (χ3v) is 4.50. The lowest BCUT2D eigenvalue weighted by Crippen LogP contribution is -2.35. The zero-order valence-corrected chi connectivity index (χ0v) is 13.5. The maximum absolute atomic E-state index is 11.1. The Morgan fingerprint density at radius 2 is 1.91 bits per heavy atom. The van der Waals surface area contributed by atoms with Gasteiger partial charge < -0.3 is 14.6 Å². The first-order chi connectivity index (χ1) is 10.6. The molecule has 2 rings (SSSR count). The molecular weight excluding hydrogens is 280 g/mol. The molecule has 1 aliphatic carbocycles. The van der Waals surface area contributed by atoms with Crippen LogP contribution in [0, 0.1) is 0 Å². The normalized spacial score (nSPS) is 24.8. The lowest BCUT2D eigenvalue weighted by atomic mass is 9.78. The van der Waals surface area contributed by atoms with E-state index >= 15 is 0 Å². The number of hydrogen-bond acceptors (Lipinski definition) is 4. The van der Waals surface area contributed by atoms with Crippen molar-refractivity contribution < 1.29 is 19.4 Å². The smallest absolute Gasteiger partial charge is 0.438 e. The molecular formula is C18H26O4. The topological polar surface area (TPSA) is 55.8 Å². The van der Waals surface area contributed by atoms with Gasteiger partial charge in [0.1, 0.15) is 6.10 Å². The second-order valence-corrected chi connectivity index (χ2v) is 6.10. The van der Waals surface area contributed by atoms with E-state index in [0.29, 0.717) is 25.7 Å². The summed E-state index contributed by atoms with van der Waals surface area (Å²) in [5, 5.41) is 10.8. The van der Waals surface area contributed by atoms with Gasteiger partial charge in [-0.1, -0.05) is 37.6 Å². The van der Waals surface area contributed by atoms with E-state index < -0.39 is 11.8 Å². The first kappa shape index (κ1) is 16.8. The summed E-state index contributed by atoms with van der Waals surface area (Å²) < 4.78 is 9.67. The van der Waals surface area contributed by atoms with Gasteiger partial charge in [0.05, 0.1) is 12.7 Å². The summed E-state index contributed by atoms with van der Waals surface area (Å²) in [5.41, 5.74) is 1.47. The lowest BCUT2D eigenvalue weighted by Gasteiger charge is -2.36. The summed E-state index contributed by atoms with van der Waals surface area (Å²) in [5.74, 6) is 0. The first-order valence-electron chi connectivity index (χ1n) is 8.14. The number of aryl methyl sites for hydroxylation is 1. The third-order valence-electron chi connectivity index (χ3n) is 4.50. The van der Waals surface area contributed by atoms with Crippen molar-refractivity contribution in [2.24, 2.45) is 0 Å². The van der Waals surface area contributed by atoms with E-state index in [-0.39, 0.29) is 6.10 Å². The highest BCUT2D eigenvalue weighted by molar-refractivity contribution is 5.59. The predicted octanol–water partition coefficient (Wildman–Crippen LogP) is 3.94. The molecule has 1 fully saturated rings. The van der Waals surface area contributed by atoms with Gasteiger partial charge in [-0.3, -0.25) is 0 Å². The number of carbonyl (C=O) groups is 1. The standard InChI is InChI=1S/C18H26O4/c1-3-4-5-14-6-8-15(9-7-14)18(20)12-10-16(11-13-18)22-17(19)21-2/h6-9,16,20H,3-5,10-13H2,1-2H3. The average Bonchev–Trinajstić information content (AvgIpc) is 2.55. The minimum atomic E-state index is -0.806. The Labute approximate surface area is 132 Å². The van der Waals surface area contributed by atoms with E-state index in [9.17, 15) is 9.90 Å². The van der Waals surface area contributed by atoms with E-state index in [1.165, 1.54) is 25.5 Å². The zero-order valence-electron chi connectivity index (χ0n) is 13.5. The van der Waals surface area contributed by atoms with Crippen LogP contribution in [0.25, 0.3) is 0 Å². The van der Waals surface area contributed by atoms with E-state index in [1.54, 1.807) is 0 Å². The monoisotopic (exact) mass is 306 g/mol. The van der Waals surface area contributed by atoms with Crippen molar-refractivity contribution in [2.75, 3.05) is 7.11 Å². The summed E-state index contributed by atoms with van der Waals surface area (Å²) in [6, 6.07) is 8.29. The molecule has 0 aliphatic heterocycles. The van der Waals surface area contributed by atoms with Crippen LogP contribution < -0.4 is 0 Å². The quantitative estimate of drug-likeness (QED) is 0.837. The molecule has 1 N–H and O–H groups in total. The van der Waals surface area contributed by atoms with Crippen LogP contribution in [0.2, 0.25) is 0 Å². The van der Waals surface area contributed by atoms with Gasteiger partial charge in [0.15, 0.2) is 0 Å². The first-order valence-corrected chi connectivity index (χ1v) is 8.14. The number of rotatable bonds is 5. The molecule has 0 amide bonds. The number of aliphatic hydroxyl groups is 1. The lowest BCUT2D eigenvalue weighted by molar-refractivity contribution is -0.0508. The van der Waals surface area contributed by atoms with Crippen LogP contribution in [0.5, 0.6) is 0 Å². The molecule has 122 valence electrons. The fourth-order valence-corrected chi connectivity index (χ4v) is 3.02. The van der Waals surface area contributed by atoms with E-state index in [2.05, 4.69) is 23.8 Å². The van der Waals surface area contributed by atoms with Gasteiger partial charge in [-0.15, -0.1) is 0 Å².